The lowest BCUT2D eigenvalue weighted by atomic mass is 10.3. The molecule has 0 aliphatic carbocycles. The first-order chi connectivity index (χ1) is 7.31. The molecule has 6 nitrogen and oxygen atoms in total. The summed E-state index contributed by atoms with van der Waals surface area (Å²) in [7, 11) is 0. The summed E-state index contributed by atoms with van der Waals surface area (Å²) in [6.45, 7) is 2.90. The molecule has 0 aromatic carbocycles. The molecule has 0 aliphatic heterocycles. The number of hydrogen-bond donors (Lipinski definition) is 2. The molecule has 0 unspecified atom stereocenters. The Morgan fingerprint density at radius 2 is 2.33 bits per heavy atom. The van der Waals surface area contributed by atoms with Gasteiger partial charge in [-0.2, -0.15) is 13.7 Å². The van der Waals surface area contributed by atoms with E-state index in [0.29, 0.717) is 17.0 Å². The third kappa shape index (κ3) is 2.12. The Labute approximate surface area is 90.1 Å². The van der Waals surface area contributed by atoms with Crippen LogP contribution in [0.15, 0.2) is 4.79 Å². The normalized spacial score (nSPS) is 10.7. The smallest absolute Gasteiger partial charge is 0.348 e. The SMILES string of the molecule is CCCCNc1nc(=O)[nH]c2nsnc12. The molecule has 7 heteroatoms. The van der Waals surface area contributed by atoms with E-state index in [1.807, 2.05) is 0 Å². The number of nitrogens with one attached hydrogen (secondary N) is 2. The van der Waals surface area contributed by atoms with Crippen LogP contribution in [0.5, 0.6) is 0 Å². The number of rotatable bonds is 4. The van der Waals surface area contributed by atoms with Gasteiger partial charge in [-0.15, -0.1) is 0 Å². The summed E-state index contributed by atoms with van der Waals surface area (Å²) < 4.78 is 8.04. The summed E-state index contributed by atoms with van der Waals surface area (Å²) in [5.74, 6) is 0.524. The maximum Gasteiger partial charge on any atom is 0.348 e. The van der Waals surface area contributed by atoms with Gasteiger partial charge < -0.3 is 5.32 Å². The highest BCUT2D eigenvalue weighted by Crippen LogP contribution is 2.14. The van der Waals surface area contributed by atoms with Crippen LogP contribution in [-0.4, -0.2) is 25.3 Å². The highest BCUT2D eigenvalue weighted by molar-refractivity contribution is 7.00. The van der Waals surface area contributed by atoms with Crippen molar-refractivity contribution < 1.29 is 0 Å². The number of nitrogens with zero attached hydrogens (tertiary/aromatic N) is 3. The summed E-state index contributed by atoms with van der Waals surface area (Å²) in [6, 6.07) is 0. The van der Waals surface area contributed by atoms with Crippen molar-refractivity contribution in [1.29, 1.82) is 0 Å². The Bertz CT molecular complexity index is 505. The molecule has 2 aromatic heterocycles. The summed E-state index contributed by atoms with van der Waals surface area (Å²) in [5.41, 5.74) is 0.740. The van der Waals surface area contributed by atoms with Crippen LogP contribution in [0.4, 0.5) is 5.82 Å². The van der Waals surface area contributed by atoms with E-state index < -0.39 is 5.69 Å². The maximum absolute atomic E-state index is 11.2. The molecule has 0 fully saturated rings. The maximum atomic E-state index is 11.2. The van der Waals surface area contributed by atoms with Gasteiger partial charge in [-0.05, 0) is 6.42 Å². The second-order valence-corrected chi connectivity index (χ2v) is 3.66. The minimum atomic E-state index is -0.394. The molecule has 2 heterocycles. The quantitative estimate of drug-likeness (QED) is 0.758. The fraction of sp³-hybridized carbons (Fsp3) is 0.500. The van der Waals surface area contributed by atoms with E-state index in [9.17, 15) is 4.79 Å². The number of unbranched alkanes of at least 4 members (excludes halogenated alkanes) is 1. The molecule has 0 saturated heterocycles. The predicted molar refractivity (Wildman–Crippen MR) is 59.2 cm³/mol. The van der Waals surface area contributed by atoms with Crippen molar-refractivity contribution in [3.8, 4) is 0 Å². The Hall–Kier alpha value is -1.50. The van der Waals surface area contributed by atoms with E-state index in [1.54, 1.807) is 0 Å². The van der Waals surface area contributed by atoms with Crippen molar-refractivity contribution >= 4 is 28.7 Å². The van der Waals surface area contributed by atoms with E-state index in [2.05, 4.69) is 31.0 Å². The highest BCUT2D eigenvalue weighted by Gasteiger charge is 2.07. The number of hydrogen-bond acceptors (Lipinski definition) is 6. The van der Waals surface area contributed by atoms with Crippen molar-refractivity contribution in [2.75, 3.05) is 11.9 Å². The molecule has 0 aliphatic rings. The zero-order valence-electron chi connectivity index (χ0n) is 8.28. The Morgan fingerprint density at radius 3 is 3.13 bits per heavy atom. The van der Waals surface area contributed by atoms with Crippen LogP contribution in [-0.2, 0) is 0 Å². The molecule has 0 radical (unpaired) electrons. The summed E-state index contributed by atoms with van der Waals surface area (Å²) in [5, 5.41) is 3.09. The number of fused-ring (bicyclic) bond motifs is 1. The topological polar surface area (TPSA) is 83.6 Å². The van der Waals surface area contributed by atoms with Gasteiger partial charge in [-0.1, -0.05) is 13.3 Å². The van der Waals surface area contributed by atoms with E-state index in [-0.39, 0.29) is 0 Å². The average Bonchev–Trinajstić information content (AvgIpc) is 2.65. The van der Waals surface area contributed by atoms with Gasteiger partial charge in [0.1, 0.15) is 0 Å². The van der Waals surface area contributed by atoms with Gasteiger partial charge in [0.25, 0.3) is 0 Å². The molecule has 0 saturated carbocycles. The van der Waals surface area contributed by atoms with E-state index >= 15 is 0 Å². The van der Waals surface area contributed by atoms with Gasteiger partial charge in [0.15, 0.2) is 17.0 Å². The molecule has 2 rings (SSSR count). The summed E-state index contributed by atoms with van der Waals surface area (Å²) in [6.07, 6.45) is 2.13. The van der Waals surface area contributed by atoms with E-state index in [1.165, 1.54) is 0 Å². The molecular weight excluding hydrogens is 214 g/mol. The van der Waals surface area contributed by atoms with Crippen molar-refractivity contribution in [3.05, 3.63) is 10.5 Å². The molecule has 15 heavy (non-hydrogen) atoms. The molecular formula is C8H11N5OS. The lowest BCUT2D eigenvalue weighted by Crippen LogP contribution is -2.14. The van der Waals surface area contributed by atoms with Gasteiger partial charge in [0.2, 0.25) is 0 Å². The minimum Gasteiger partial charge on any atom is -0.368 e. The molecule has 0 spiro atoms. The molecule has 0 atom stereocenters. The average molecular weight is 225 g/mol. The van der Waals surface area contributed by atoms with Gasteiger partial charge in [0.05, 0.1) is 11.7 Å². The van der Waals surface area contributed by atoms with Crippen molar-refractivity contribution in [1.82, 2.24) is 18.7 Å². The number of H-pyrrole nitrogens is 1. The van der Waals surface area contributed by atoms with Crippen LogP contribution in [0.1, 0.15) is 19.8 Å². The molecule has 80 valence electrons. The van der Waals surface area contributed by atoms with Crippen LogP contribution in [0.3, 0.4) is 0 Å². The second kappa shape index (κ2) is 4.35. The molecule has 0 amide bonds. The zero-order chi connectivity index (χ0) is 10.7. The summed E-state index contributed by atoms with van der Waals surface area (Å²) >= 11 is 1.06. The third-order valence-corrected chi connectivity index (χ3v) is 2.50. The lowest BCUT2D eigenvalue weighted by molar-refractivity contribution is 0.830. The van der Waals surface area contributed by atoms with Crippen molar-refractivity contribution in [2.24, 2.45) is 0 Å². The van der Waals surface area contributed by atoms with Crippen LogP contribution < -0.4 is 11.0 Å². The molecule has 2 aromatic rings. The first-order valence-electron chi connectivity index (χ1n) is 4.77. The fourth-order valence-corrected chi connectivity index (χ4v) is 1.73. The fourth-order valence-electron chi connectivity index (χ4n) is 1.22. The Kier molecular flexibility index (Phi) is 2.91. The monoisotopic (exact) mass is 225 g/mol. The number of aromatic nitrogens is 4. The number of anilines is 1. The van der Waals surface area contributed by atoms with E-state index in [0.717, 1.165) is 31.1 Å². The van der Waals surface area contributed by atoms with Crippen LogP contribution >= 0.6 is 11.7 Å². The van der Waals surface area contributed by atoms with Gasteiger partial charge in [-0.25, -0.2) is 4.79 Å². The van der Waals surface area contributed by atoms with Gasteiger partial charge >= 0.3 is 5.69 Å². The van der Waals surface area contributed by atoms with Crippen LogP contribution in [0.2, 0.25) is 0 Å². The van der Waals surface area contributed by atoms with Gasteiger partial charge in [0, 0.05) is 6.54 Å². The van der Waals surface area contributed by atoms with Crippen LogP contribution in [0.25, 0.3) is 11.2 Å². The molecule has 0 bridgehead atoms. The standard InChI is InChI=1S/C8H11N5OS/c1-2-3-4-9-6-5-7(13-15-12-5)11-8(14)10-6/h2-4H2,1H3,(H2,9,10,11,13,14). The number of aromatic amines is 1. The second-order valence-electron chi connectivity index (χ2n) is 3.13. The van der Waals surface area contributed by atoms with Crippen molar-refractivity contribution in [3.63, 3.8) is 0 Å². The Balaban J connectivity index is 2.32. The van der Waals surface area contributed by atoms with Gasteiger partial charge in [-0.3, -0.25) is 4.98 Å². The molecule has 2 N–H and O–H groups in total. The zero-order valence-corrected chi connectivity index (χ0v) is 9.10. The summed E-state index contributed by atoms with van der Waals surface area (Å²) in [4.78, 5) is 17.5. The minimum absolute atomic E-state index is 0.394. The van der Waals surface area contributed by atoms with Crippen LogP contribution in [0, 0.1) is 0 Å². The first-order valence-corrected chi connectivity index (χ1v) is 5.50. The lowest BCUT2D eigenvalue weighted by Gasteiger charge is -2.02. The van der Waals surface area contributed by atoms with E-state index in [4.69, 9.17) is 0 Å². The predicted octanol–water partition coefficient (Wildman–Crippen LogP) is 0.987. The Morgan fingerprint density at radius 1 is 1.47 bits per heavy atom. The largest absolute Gasteiger partial charge is 0.368 e. The highest BCUT2D eigenvalue weighted by atomic mass is 32.1. The van der Waals surface area contributed by atoms with Crippen molar-refractivity contribution in [2.45, 2.75) is 19.8 Å². The third-order valence-electron chi connectivity index (χ3n) is 1.97. The first kappa shape index (κ1) is 10.0.